The first-order chi connectivity index (χ1) is 14.2. The highest BCUT2D eigenvalue weighted by atomic mass is 16.5. The molecule has 0 radical (unpaired) electrons. The number of aromatic nitrogens is 4. The molecular weight excluding hydrogens is 372 g/mol. The van der Waals surface area contributed by atoms with Gasteiger partial charge in [0.25, 0.3) is 0 Å². The van der Waals surface area contributed by atoms with Crippen LogP contribution in [0.4, 0.5) is 11.8 Å². The molecule has 1 fully saturated rings. The summed E-state index contributed by atoms with van der Waals surface area (Å²) >= 11 is 0. The molecule has 0 aromatic carbocycles. The van der Waals surface area contributed by atoms with E-state index in [-0.39, 0.29) is 0 Å². The SMILES string of the molecule is COCCNc1ncc(-c2cc(C)no2)c(-c2ccc(N3CCOCC3)nc2)n1. The lowest BCUT2D eigenvalue weighted by molar-refractivity contribution is 0.122. The summed E-state index contributed by atoms with van der Waals surface area (Å²) in [5, 5.41) is 7.16. The van der Waals surface area contributed by atoms with Crippen LogP contribution in [0.5, 0.6) is 0 Å². The third-order valence-electron chi connectivity index (χ3n) is 4.63. The summed E-state index contributed by atoms with van der Waals surface area (Å²) in [5.41, 5.74) is 3.18. The molecule has 0 amide bonds. The van der Waals surface area contributed by atoms with E-state index in [4.69, 9.17) is 19.0 Å². The fraction of sp³-hybridized carbons (Fsp3) is 0.400. The van der Waals surface area contributed by atoms with Crippen molar-refractivity contribution in [3.05, 3.63) is 36.3 Å². The van der Waals surface area contributed by atoms with Crippen LogP contribution in [0.15, 0.2) is 35.1 Å². The lowest BCUT2D eigenvalue weighted by Gasteiger charge is -2.27. The van der Waals surface area contributed by atoms with E-state index in [2.05, 4.69) is 25.3 Å². The normalized spacial score (nSPS) is 14.2. The van der Waals surface area contributed by atoms with Crippen LogP contribution >= 0.6 is 0 Å². The second-order valence-electron chi connectivity index (χ2n) is 6.71. The van der Waals surface area contributed by atoms with Crippen molar-refractivity contribution in [2.45, 2.75) is 6.92 Å². The van der Waals surface area contributed by atoms with Gasteiger partial charge in [0.2, 0.25) is 5.95 Å². The van der Waals surface area contributed by atoms with E-state index in [0.717, 1.165) is 54.6 Å². The van der Waals surface area contributed by atoms with Crippen LogP contribution in [-0.2, 0) is 9.47 Å². The molecule has 0 saturated carbocycles. The monoisotopic (exact) mass is 396 g/mol. The number of aryl methyl sites for hydroxylation is 1. The third-order valence-corrected chi connectivity index (χ3v) is 4.63. The number of pyridine rings is 1. The summed E-state index contributed by atoms with van der Waals surface area (Å²) in [4.78, 5) is 16.0. The van der Waals surface area contributed by atoms with E-state index in [1.54, 1.807) is 13.3 Å². The molecule has 4 heterocycles. The van der Waals surface area contributed by atoms with Crippen molar-refractivity contribution >= 4 is 11.8 Å². The maximum Gasteiger partial charge on any atom is 0.223 e. The van der Waals surface area contributed by atoms with Crippen LogP contribution in [0.25, 0.3) is 22.6 Å². The average Bonchev–Trinajstić information content (AvgIpc) is 3.21. The van der Waals surface area contributed by atoms with E-state index in [1.165, 1.54) is 0 Å². The van der Waals surface area contributed by atoms with Gasteiger partial charge >= 0.3 is 0 Å². The van der Waals surface area contributed by atoms with Crippen LogP contribution in [0, 0.1) is 6.92 Å². The first-order valence-electron chi connectivity index (χ1n) is 9.57. The Morgan fingerprint density at radius 2 is 2.03 bits per heavy atom. The van der Waals surface area contributed by atoms with Crippen molar-refractivity contribution in [1.82, 2.24) is 20.1 Å². The molecule has 1 aliphatic rings. The Labute approximate surface area is 169 Å². The number of morpholine rings is 1. The molecule has 0 aliphatic carbocycles. The van der Waals surface area contributed by atoms with Crippen LogP contribution < -0.4 is 10.2 Å². The van der Waals surface area contributed by atoms with E-state index in [0.29, 0.717) is 24.9 Å². The molecular formula is C20H24N6O3. The Balaban J connectivity index is 1.66. The van der Waals surface area contributed by atoms with Gasteiger partial charge < -0.3 is 24.2 Å². The number of methoxy groups -OCH3 is 1. The van der Waals surface area contributed by atoms with Crippen molar-refractivity contribution in [1.29, 1.82) is 0 Å². The summed E-state index contributed by atoms with van der Waals surface area (Å²) in [6.07, 6.45) is 3.58. The van der Waals surface area contributed by atoms with Gasteiger partial charge in [-0.15, -0.1) is 0 Å². The second-order valence-corrected chi connectivity index (χ2v) is 6.71. The summed E-state index contributed by atoms with van der Waals surface area (Å²) in [6, 6.07) is 5.90. The van der Waals surface area contributed by atoms with Gasteiger partial charge in [0, 0.05) is 50.8 Å². The van der Waals surface area contributed by atoms with Gasteiger partial charge in [-0.1, -0.05) is 5.16 Å². The van der Waals surface area contributed by atoms with Gasteiger partial charge in [-0.25, -0.2) is 15.0 Å². The smallest absolute Gasteiger partial charge is 0.223 e. The standard InChI is InChI=1S/C20H24N6O3/c1-14-11-17(29-25-14)16-13-23-20(21-5-8-27-2)24-19(16)15-3-4-18(22-12-15)26-6-9-28-10-7-26/h3-4,11-13H,5-10H2,1-2H3,(H,21,23,24). The molecule has 152 valence electrons. The largest absolute Gasteiger partial charge is 0.383 e. The summed E-state index contributed by atoms with van der Waals surface area (Å²) in [6.45, 7) is 6.20. The minimum Gasteiger partial charge on any atom is -0.383 e. The van der Waals surface area contributed by atoms with Gasteiger partial charge in [0.05, 0.1) is 36.8 Å². The maximum absolute atomic E-state index is 5.46. The van der Waals surface area contributed by atoms with Crippen LogP contribution in [-0.4, -0.2) is 66.7 Å². The van der Waals surface area contributed by atoms with Crippen LogP contribution in [0.2, 0.25) is 0 Å². The average molecular weight is 396 g/mol. The van der Waals surface area contributed by atoms with Crippen molar-refractivity contribution in [2.75, 3.05) is 56.8 Å². The summed E-state index contributed by atoms with van der Waals surface area (Å²) < 4.78 is 16.0. The highest BCUT2D eigenvalue weighted by Gasteiger charge is 2.17. The van der Waals surface area contributed by atoms with Gasteiger partial charge in [0.1, 0.15) is 5.82 Å². The fourth-order valence-electron chi connectivity index (χ4n) is 3.13. The van der Waals surface area contributed by atoms with E-state index in [9.17, 15) is 0 Å². The van der Waals surface area contributed by atoms with Gasteiger partial charge in [-0.3, -0.25) is 0 Å². The van der Waals surface area contributed by atoms with Gasteiger partial charge in [-0.2, -0.15) is 0 Å². The Morgan fingerprint density at radius 1 is 1.17 bits per heavy atom. The lowest BCUT2D eigenvalue weighted by atomic mass is 10.1. The lowest BCUT2D eigenvalue weighted by Crippen LogP contribution is -2.36. The second kappa shape index (κ2) is 8.97. The van der Waals surface area contributed by atoms with Crippen molar-refractivity contribution in [3.8, 4) is 22.6 Å². The zero-order chi connectivity index (χ0) is 20.1. The number of nitrogens with one attached hydrogen (secondary N) is 1. The molecule has 1 aliphatic heterocycles. The van der Waals surface area contributed by atoms with Crippen LogP contribution in [0.1, 0.15) is 5.69 Å². The number of anilines is 2. The Morgan fingerprint density at radius 3 is 2.72 bits per heavy atom. The molecule has 0 spiro atoms. The molecule has 0 atom stereocenters. The summed E-state index contributed by atoms with van der Waals surface area (Å²) in [5.74, 6) is 2.08. The Hall–Kier alpha value is -3.04. The van der Waals surface area contributed by atoms with E-state index in [1.807, 2.05) is 31.3 Å². The molecule has 29 heavy (non-hydrogen) atoms. The zero-order valence-corrected chi connectivity index (χ0v) is 16.6. The first-order valence-corrected chi connectivity index (χ1v) is 9.57. The molecule has 0 unspecified atom stereocenters. The Kier molecular flexibility index (Phi) is 5.97. The van der Waals surface area contributed by atoms with E-state index >= 15 is 0 Å². The summed E-state index contributed by atoms with van der Waals surface area (Å²) in [7, 11) is 1.66. The third kappa shape index (κ3) is 4.52. The molecule has 4 rings (SSSR count). The molecule has 3 aromatic rings. The number of hydrogen-bond donors (Lipinski definition) is 1. The Bertz CT molecular complexity index is 938. The number of nitrogens with zero attached hydrogens (tertiary/aromatic N) is 5. The minimum absolute atomic E-state index is 0.522. The minimum atomic E-state index is 0.522. The molecule has 1 saturated heterocycles. The predicted molar refractivity (Wildman–Crippen MR) is 109 cm³/mol. The highest BCUT2D eigenvalue weighted by Crippen LogP contribution is 2.31. The van der Waals surface area contributed by atoms with Gasteiger partial charge in [-0.05, 0) is 19.1 Å². The first kappa shape index (κ1) is 19.3. The van der Waals surface area contributed by atoms with Crippen molar-refractivity contribution < 1.29 is 14.0 Å². The topological polar surface area (TPSA) is 98.4 Å². The quantitative estimate of drug-likeness (QED) is 0.604. The molecule has 1 N–H and O–H groups in total. The number of ether oxygens (including phenoxy) is 2. The van der Waals surface area contributed by atoms with Crippen molar-refractivity contribution in [3.63, 3.8) is 0 Å². The zero-order valence-electron chi connectivity index (χ0n) is 16.6. The van der Waals surface area contributed by atoms with Crippen molar-refractivity contribution in [2.24, 2.45) is 0 Å². The fourth-order valence-corrected chi connectivity index (χ4v) is 3.13. The number of hydrogen-bond acceptors (Lipinski definition) is 9. The maximum atomic E-state index is 5.46. The van der Waals surface area contributed by atoms with E-state index < -0.39 is 0 Å². The molecule has 9 nitrogen and oxygen atoms in total. The molecule has 3 aromatic heterocycles. The number of rotatable bonds is 7. The molecule has 9 heteroatoms. The predicted octanol–water partition coefficient (Wildman–Crippen LogP) is 2.40. The highest BCUT2D eigenvalue weighted by molar-refractivity contribution is 5.78. The molecule has 0 bridgehead atoms. The van der Waals surface area contributed by atoms with Crippen LogP contribution in [0.3, 0.4) is 0 Å². The van der Waals surface area contributed by atoms with Gasteiger partial charge in [0.15, 0.2) is 5.76 Å².